The summed E-state index contributed by atoms with van der Waals surface area (Å²) in [7, 11) is 0. The molecule has 132 valence electrons. The van der Waals surface area contributed by atoms with E-state index >= 15 is 0 Å². The second-order valence-electron chi connectivity index (χ2n) is 6.83. The van der Waals surface area contributed by atoms with Gasteiger partial charge in [0.05, 0.1) is 12.2 Å². The van der Waals surface area contributed by atoms with Gasteiger partial charge in [-0.2, -0.15) is 10.4 Å². The molecule has 2 aromatic rings. The first-order chi connectivity index (χ1) is 12.4. The number of nitrogens with zero attached hydrogens (tertiary/aromatic N) is 4. The van der Waals surface area contributed by atoms with Gasteiger partial charge < -0.3 is 10.0 Å². The molecule has 0 bridgehead atoms. The molecule has 0 fully saturated rings. The quantitative estimate of drug-likeness (QED) is 0.798. The highest BCUT2D eigenvalue weighted by atomic mass is 16.3. The number of benzene rings is 1. The molecular weight excluding hydrogens is 328 g/mol. The van der Waals surface area contributed by atoms with Crippen molar-refractivity contribution in [1.82, 2.24) is 14.7 Å². The molecule has 1 N–H and O–H groups in total. The predicted molar refractivity (Wildman–Crippen MR) is 95.9 cm³/mol. The van der Waals surface area contributed by atoms with E-state index in [2.05, 4.69) is 16.9 Å². The lowest BCUT2D eigenvalue weighted by Gasteiger charge is -2.20. The molecule has 0 spiro atoms. The van der Waals surface area contributed by atoms with Gasteiger partial charge in [0.25, 0.3) is 5.91 Å². The van der Waals surface area contributed by atoms with Crippen LogP contribution in [-0.4, -0.2) is 37.8 Å². The van der Waals surface area contributed by atoms with Gasteiger partial charge in [-0.25, -0.2) is 0 Å². The first-order valence-electron chi connectivity index (χ1n) is 8.47. The Kier molecular flexibility index (Phi) is 4.79. The number of carbonyl (C=O) groups excluding carboxylic acids is 1. The summed E-state index contributed by atoms with van der Waals surface area (Å²) in [5.41, 5.74) is 1.40. The van der Waals surface area contributed by atoms with Gasteiger partial charge >= 0.3 is 0 Å². The zero-order valence-electron chi connectivity index (χ0n) is 14.9. The third kappa shape index (κ3) is 4.11. The van der Waals surface area contributed by atoms with E-state index in [0.717, 1.165) is 12.1 Å². The van der Waals surface area contributed by atoms with Crippen LogP contribution in [0.15, 0.2) is 30.3 Å². The summed E-state index contributed by atoms with van der Waals surface area (Å²) in [6, 6.07) is 10.9. The maximum absolute atomic E-state index is 12.9. The van der Waals surface area contributed by atoms with Crippen molar-refractivity contribution < 1.29 is 9.90 Å². The van der Waals surface area contributed by atoms with Crippen molar-refractivity contribution in [3.05, 3.63) is 52.8 Å². The Hall–Kier alpha value is -3.09. The summed E-state index contributed by atoms with van der Waals surface area (Å²) in [6.45, 7) is 4.98. The number of hydrogen-bond donors (Lipinski definition) is 1. The molecule has 1 aromatic heterocycles. The third-order valence-electron chi connectivity index (χ3n) is 4.04. The fraction of sp³-hybridized carbons (Fsp3) is 0.350. The molecule has 1 aliphatic rings. The van der Waals surface area contributed by atoms with E-state index in [9.17, 15) is 9.90 Å². The van der Waals surface area contributed by atoms with Crippen molar-refractivity contribution >= 4 is 5.91 Å². The summed E-state index contributed by atoms with van der Waals surface area (Å²) in [6.07, 6.45) is 0.781. The molecule has 1 aromatic carbocycles. The van der Waals surface area contributed by atoms with Crippen molar-refractivity contribution in [3.8, 4) is 17.9 Å². The van der Waals surface area contributed by atoms with Crippen molar-refractivity contribution in [1.29, 1.82) is 5.26 Å². The predicted octanol–water partition coefficient (Wildman–Crippen LogP) is 1.92. The van der Waals surface area contributed by atoms with Crippen LogP contribution in [-0.2, 0) is 13.1 Å². The van der Waals surface area contributed by atoms with E-state index in [1.165, 1.54) is 0 Å². The zero-order valence-corrected chi connectivity index (χ0v) is 14.9. The molecule has 3 rings (SSSR count). The normalized spacial score (nSPS) is 13.8. The number of carbonyl (C=O) groups is 1. The summed E-state index contributed by atoms with van der Waals surface area (Å²) in [5, 5.41) is 23.0. The molecule has 0 saturated heterocycles. The fourth-order valence-electron chi connectivity index (χ4n) is 2.83. The van der Waals surface area contributed by atoms with Crippen molar-refractivity contribution in [2.45, 2.75) is 39.0 Å². The van der Waals surface area contributed by atoms with Crippen LogP contribution in [0, 0.1) is 23.2 Å². The molecule has 0 unspecified atom stereocenters. The number of aromatic nitrogens is 2. The summed E-state index contributed by atoms with van der Waals surface area (Å²) < 4.78 is 1.80. The van der Waals surface area contributed by atoms with Gasteiger partial charge in [-0.05, 0) is 44.5 Å². The van der Waals surface area contributed by atoms with Crippen molar-refractivity contribution in [3.63, 3.8) is 0 Å². The standard InChI is InChI=1S/C20H20N4O2/c1-20(2,26)8-7-15-5-3-6-16(11-15)19(25)23-9-4-10-24-18(14-23)12-17(13-21)22-24/h3,5-6,11-12,26H,4,9-10,14H2,1-2H3. The van der Waals surface area contributed by atoms with Crippen molar-refractivity contribution in [2.75, 3.05) is 6.54 Å². The smallest absolute Gasteiger partial charge is 0.254 e. The number of hydrogen-bond acceptors (Lipinski definition) is 4. The molecule has 0 aliphatic carbocycles. The fourth-order valence-corrected chi connectivity index (χ4v) is 2.83. The van der Waals surface area contributed by atoms with Crippen molar-refractivity contribution in [2.24, 2.45) is 0 Å². The van der Waals surface area contributed by atoms with Crippen LogP contribution in [0.2, 0.25) is 0 Å². The largest absolute Gasteiger partial charge is 0.378 e. The van der Waals surface area contributed by atoms with Crippen LogP contribution in [0.4, 0.5) is 0 Å². The Morgan fingerprint density at radius 2 is 2.12 bits per heavy atom. The van der Waals surface area contributed by atoms with E-state index < -0.39 is 5.60 Å². The van der Waals surface area contributed by atoms with Gasteiger partial charge in [-0.1, -0.05) is 17.9 Å². The summed E-state index contributed by atoms with van der Waals surface area (Å²) in [5.74, 6) is 5.58. The summed E-state index contributed by atoms with van der Waals surface area (Å²) >= 11 is 0. The lowest BCUT2D eigenvalue weighted by molar-refractivity contribution is 0.0745. The number of nitriles is 1. The molecule has 2 heterocycles. The van der Waals surface area contributed by atoms with Gasteiger partial charge in [0, 0.05) is 24.2 Å². The van der Waals surface area contributed by atoms with Crippen LogP contribution in [0.1, 0.15) is 47.6 Å². The summed E-state index contributed by atoms with van der Waals surface area (Å²) in [4.78, 5) is 14.7. The minimum Gasteiger partial charge on any atom is -0.378 e. The zero-order chi connectivity index (χ0) is 18.7. The highest BCUT2D eigenvalue weighted by Gasteiger charge is 2.22. The van der Waals surface area contributed by atoms with Crippen LogP contribution < -0.4 is 0 Å². The lowest BCUT2D eigenvalue weighted by atomic mass is 10.1. The molecule has 26 heavy (non-hydrogen) atoms. The number of aryl methyl sites for hydroxylation is 1. The Morgan fingerprint density at radius 3 is 2.85 bits per heavy atom. The van der Waals surface area contributed by atoms with E-state index in [0.29, 0.717) is 36.5 Å². The first kappa shape index (κ1) is 17.7. The molecule has 1 aliphatic heterocycles. The van der Waals surface area contributed by atoms with Crippen LogP contribution >= 0.6 is 0 Å². The monoisotopic (exact) mass is 348 g/mol. The maximum Gasteiger partial charge on any atom is 0.254 e. The third-order valence-corrected chi connectivity index (χ3v) is 4.04. The van der Waals surface area contributed by atoms with Crippen LogP contribution in [0.5, 0.6) is 0 Å². The van der Waals surface area contributed by atoms with E-state index in [1.807, 2.05) is 12.1 Å². The van der Waals surface area contributed by atoms with Gasteiger partial charge in [0.15, 0.2) is 5.69 Å². The minimum atomic E-state index is -1.08. The average Bonchev–Trinajstić information content (AvgIpc) is 2.90. The lowest BCUT2D eigenvalue weighted by Crippen LogP contribution is -2.30. The van der Waals surface area contributed by atoms with Crippen LogP contribution in [0.3, 0.4) is 0 Å². The molecule has 6 heteroatoms. The Labute approximate surface area is 152 Å². The number of aliphatic hydroxyl groups is 1. The maximum atomic E-state index is 12.9. The van der Waals surface area contributed by atoms with Gasteiger partial charge in [-0.15, -0.1) is 0 Å². The highest BCUT2D eigenvalue weighted by Crippen LogP contribution is 2.17. The van der Waals surface area contributed by atoms with Gasteiger partial charge in [0.2, 0.25) is 0 Å². The number of rotatable bonds is 1. The molecule has 0 saturated carbocycles. The highest BCUT2D eigenvalue weighted by molar-refractivity contribution is 5.94. The Morgan fingerprint density at radius 1 is 1.31 bits per heavy atom. The Bertz CT molecular complexity index is 935. The number of amides is 1. The second-order valence-corrected chi connectivity index (χ2v) is 6.83. The Balaban J connectivity index is 1.82. The average molecular weight is 348 g/mol. The van der Waals surface area contributed by atoms with E-state index in [1.54, 1.807) is 47.7 Å². The van der Waals surface area contributed by atoms with E-state index in [-0.39, 0.29) is 5.91 Å². The van der Waals surface area contributed by atoms with E-state index in [4.69, 9.17) is 5.26 Å². The van der Waals surface area contributed by atoms with Crippen LogP contribution in [0.25, 0.3) is 0 Å². The van der Waals surface area contributed by atoms with Gasteiger partial charge in [0.1, 0.15) is 11.7 Å². The SMILES string of the molecule is CC(C)(O)C#Cc1cccc(C(=O)N2CCCn3nc(C#N)cc3C2)c1. The van der Waals surface area contributed by atoms with Gasteiger partial charge in [-0.3, -0.25) is 9.48 Å². The minimum absolute atomic E-state index is 0.0786. The first-order valence-corrected chi connectivity index (χ1v) is 8.47. The molecule has 0 radical (unpaired) electrons. The molecular formula is C20H20N4O2. The number of fused-ring (bicyclic) bond motifs is 1. The molecule has 6 nitrogen and oxygen atoms in total. The molecule has 0 atom stereocenters. The second kappa shape index (κ2) is 7.03. The molecule has 1 amide bonds. The topological polar surface area (TPSA) is 82.2 Å².